The number of benzene rings is 2. The first-order valence-corrected chi connectivity index (χ1v) is 14.0. The molecule has 1 aliphatic heterocycles. The monoisotopic (exact) mass is 567 g/mol. The van der Waals surface area contributed by atoms with Crippen LogP contribution in [0.4, 0.5) is 4.79 Å². The fourth-order valence-corrected chi connectivity index (χ4v) is 5.06. The molecule has 40 heavy (non-hydrogen) atoms. The van der Waals surface area contributed by atoms with Crippen molar-refractivity contribution in [1.82, 2.24) is 10.6 Å². The van der Waals surface area contributed by atoms with Crippen molar-refractivity contribution >= 4 is 23.8 Å². The topological polar surface area (TPSA) is 133 Å². The lowest BCUT2D eigenvalue weighted by Gasteiger charge is -2.36. The summed E-state index contributed by atoms with van der Waals surface area (Å²) in [7, 11) is 0. The van der Waals surface area contributed by atoms with Gasteiger partial charge >= 0.3 is 12.0 Å². The van der Waals surface area contributed by atoms with Crippen molar-refractivity contribution in [2.24, 2.45) is 0 Å². The average molecular weight is 568 g/mol. The Balaban J connectivity index is 1.40. The molecule has 10 nitrogen and oxygen atoms in total. The molecule has 4 rings (SSSR count). The van der Waals surface area contributed by atoms with Crippen molar-refractivity contribution in [3.05, 3.63) is 100 Å². The number of nitrogens with one attached hydrogen (secondary N) is 2. The van der Waals surface area contributed by atoms with Crippen LogP contribution in [-0.2, 0) is 32.2 Å². The summed E-state index contributed by atoms with van der Waals surface area (Å²) in [5.74, 6) is 0.0742. The first-order chi connectivity index (χ1) is 19.4. The number of rotatable bonds is 11. The van der Waals surface area contributed by atoms with Crippen LogP contribution >= 0.6 is 11.8 Å². The van der Waals surface area contributed by atoms with Gasteiger partial charge in [-0.1, -0.05) is 60.3 Å². The van der Waals surface area contributed by atoms with Crippen molar-refractivity contribution in [2.75, 3.05) is 18.9 Å². The highest BCUT2D eigenvalue weighted by atomic mass is 32.2. The zero-order valence-electron chi connectivity index (χ0n) is 22.2. The van der Waals surface area contributed by atoms with Crippen LogP contribution in [0.15, 0.2) is 78.0 Å². The van der Waals surface area contributed by atoms with E-state index in [4.69, 9.17) is 14.2 Å². The molecule has 0 aliphatic carbocycles. The second kappa shape index (κ2) is 14.7. The summed E-state index contributed by atoms with van der Waals surface area (Å²) in [6.45, 7) is 2.00. The minimum atomic E-state index is -0.632. The van der Waals surface area contributed by atoms with E-state index in [2.05, 4.69) is 10.6 Å². The smallest absolute Gasteiger partial charge is 0.325 e. The van der Waals surface area contributed by atoms with Crippen LogP contribution < -0.4 is 15.4 Å². The van der Waals surface area contributed by atoms with Gasteiger partial charge in [-0.2, -0.15) is 4.73 Å². The Morgan fingerprint density at radius 3 is 2.45 bits per heavy atom. The number of nitrogens with zero attached hydrogens (tertiary/aromatic N) is 1. The van der Waals surface area contributed by atoms with Crippen molar-refractivity contribution < 1.29 is 33.6 Å². The maximum absolute atomic E-state index is 12.1. The van der Waals surface area contributed by atoms with Crippen LogP contribution in [-0.4, -0.2) is 42.1 Å². The number of carbonyl (C=O) groups is 2. The molecule has 1 aliphatic rings. The third-order valence-electron chi connectivity index (χ3n) is 6.22. The molecular formula is C29H33N3O7S. The summed E-state index contributed by atoms with van der Waals surface area (Å²) in [5, 5.41) is 27.3. The fraction of sp³-hybridized carbons (Fsp3) is 0.345. The molecule has 1 fully saturated rings. The van der Waals surface area contributed by atoms with E-state index < -0.39 is 18.3 Å². The normalized spacial score (nSPS) is 18.6. The van der Waals surface area contributed by atoms with Crippen molar-refractivity contribution in [3.8, 4) is 0 Å². The third kappa shape index (κ3) is 8.43. The second-order valence-electron chi connectivity index (χ2n) is 9.11. The van der Waals surface area contributed by atoms with Gasteiger partial charge in [-0.3, -0.25) is 4.79 Å². The Labute approximate surface area is 237 Å². The minimum Gasteiger partial charge on any atom is -0.618 e. The van der Waals surface area contributed by atoms with Gasteiger partial charge in [-0.05, 0) is 29.7 Å². The Hall–Kier alpha value is -3.64. The molecule has 212 valence electrons. The molecule has 11 heteroatoms. The van der Waals surface area contributed by atoms with Gasteiger partial charge in [-0.15, -0.1) is 0 Å². The number of hydrogen-bond donors (Lipinski definition) is 3. The number of esters is 1. The van der Waals surface area contributed by atoms with E-state index in [0.29, 0.717) is 17.2 Å². The molecule has 2 aromatic carbocycles. The number of urea groups is 1. The molecule has 1 aromatic heterocycles. The number of pyridine rings is 1. The first-order valence-electron chi connectivity index (χ1n) is 13.0. The molecule has 3 atom stereocenters. The number of carbonyl (C=O) groups excluding carboxylic acids is 2. The SMILES string of the molecule is CCOC(=O)CNC(=O)NCc1ccc([C@H]2O[C@@H](CSc3cccc[n+]3[O-])C[C@@H](c3ccc(CO)cc3)O2)cc1. The highest BCUT2D eigenvalue weighted by molar-refractivity contribution is 7.99. The van der Waals surface area contributed by atoms with E-state index in [-0.39, 0.29) is 38.5 Å². The largest absolute Gasteiger partial charge is 0.618 e. The summed E-state index contributed by atoms with van der Waals surface area (Å²) in [6, 6.07) is 20.0. The molecule has 0 radical (unpaired) electrons. The van der Waals surface area contributed by atoms with E-state index in [9.17, 15) is 19.9 Å². The molecule has 0 bridgehead atoms. The summed E-state index contributed by atoms with van der Waals surface area (Å²) >= 11 is 1.44. The second-order valence-corrected chi connectivity index (χ2v) is 10.1. The van der Waals surface area contributed by atoms with Crippen molar-refractivity contribution in [3.63, 3.8) is 0 Å². The van der Waals surface area contributed by atoms with Crippen LogP contribution in [0.2, 0.25) is 0 Å². The molecule has 2 heterocycles. The predicted molar refractivity (Wildman–Crippen MR) is 148 cm³/mol. The molecular weight excluding hydrogens is 534 g/mol. The summed E-state index contributed by atoms with van der Waals surface area (Å²) in [4.78, 5) is 23.4. The van der Waals surface area contributed by atoms with Gasteiger partial charge in [0.25, 0.3) is 5.03 Å². The Morgan fingerprint density at radius 2 is 1.75 bits per heavy atom. The summed E-state index contributed by atoms with van der Waals surface area (Å²) < 4.78 is 18.3. The van der Waals surface area contributed by atoms with Crippen LogP contribution in [0.1, 0.15) is 48.0 Å². The number of hydrogen-bond acceptors (Lipinski definition) is 8. The van der Waals surface area contributed by atoms with Gasteiger partial charge < -0.3 is 35.2 Å². The molecule has 0 spiro atoms. The van der Waals surface area contributed by atoms with Crippen LogP contribution in [0.3, 0.4) is 0 Å². The number of aliphatic hydroxyl groups excluding tert-OH is 1. The number of amides is 2. The van der Waals surface area contributed by atoms with Crippen LogP contribution in [0.25, 0.3) is 0 Å². The Bertz CT molecular complexity index is 1260. The van der Waals surface area contributed by atoms with Gasteiger partial charge in [0.15, 0.2) is 12.5 Å². The highest BCUT2D eigenvalue weighted by Crippen LogP contribution is 2.39. The Kier molecular flexibility index (Phi) is 10.8. The van der Waals surface area contributed by atoms with Crippen molar-refractivity contribution in [1.29, 1.82) is 0 Å². The first kappa shape index (κ1) is 29.3. The average Bonchev–Trinajstić information content (AvgIpc) is 2.99. The standard InChI is InChI=1S/C29H33N3O7S/c1-2-37-27(34)17-31-29(35)30-16-20-6-12-23(13-7-20)28-38-24(19-40-26-5-3-4-14-32(26)36)15-25(39-28)22-10-8-21(18-33)9-11-22/h3-14,24-25,28,33H,2,15-19H2,1H3,(H2,30,31,35)/t24-,25+,28+/m1/s1. The number of aliphatic hydroxyl groups is 1. The zero-order valence-corrected chi connectivity index (χ0v) is 23.0. The summed E-state index contributed by atoms with van der Waals surface area (Å²) in [5.41, 5.74) is 3.48. The summed E-state index contributed by atoms with van der Waals surface area (Å²) in [6.07, 6.45) is 1.03. The lowest BCUT2D eigenvalue weighted by atomic mass is 10.0. The van der Waals surface area contributed by atoms with Crippen LogP contribution in [0, 0.1) is 5.21 Å². The van der Waals surface area contributed by atoms with Gasteiger partial charge in [0.2, 0.25) is 0 Å². The molecule has 3 N–H and O–H groups in total. The number of ether oxygens (including phenoxy) is 3. The number of aromatic nitrogens is 1. The quantitative estimate of drug-likeness (QED) is 0.139. The third-order valence-corrected chi connectivity index (χ3v) is 7.37. The van der Waals surface area contributed by atoms with Gasteiger partial charge in [0.1, 0.15) is 6.54 Å². The van der Waals surface area contributed by atoms with Gasteiger partial charge in [0, 0.05) is 36.4 Å². The Morgan fingerprint density at radius 1 is 1.02 bits per heavy atom. The van der Waals surface area contributed by atoms with E-state index >= 15 is 0 Å². The van der Waals surface area contributed by atoms with E-state index in [1.807, 2.05) is 54.6 Å². The zero-order chi connectivity index (χ0) is 28.3. The van der Waals surface area contributed by atoms with Crippen LogP contribution in [0.5, 0.6) is 0 Å². The van der Waals surface area contributed by atoms with E-state index in [1.165, 1.54) is 18.0 Å². The lowest BCUT2D eigenvalue weighted by molar-refractivity contribution is -0.645. The van der Waals surface area contributed by atoms with Crippen molar-refractivity contribution in [2.45, 2.75) is 50.0 Å². The van der Waals surface area contributed by atoms with E-state index in [1.54, 1.807) is 19.1 Å². The highest BCUT2D eigenvalue weighted by Gasteiger charge is 2.32. The molecule has 0 saturated carbocycles. The van der Waals surface area contributed by atoms with Gasteiger partial charge in [0.05, 0.1) is 25.4 Å². The maximum Gasteiger partial charge on any atom is 0.325 e. The predicted octanol–water partition coefficient (Wildman–Crippen LogP) is 3.51. The molecule has 3 aromatic rings. The molecule has 2 amide bonds. The molecule has 1 saturated heterocycles. The van der Waals surface area contributed by atoms with E-state index in [0.717, 1.165) is 27.0 Å². The maximum atomic E-state index is 12.1. The minimum absolute atomic E-state index is 0.0304. The molecule has 0 unspecified atom stereocenters. The van der Waals surface area contributed by atoms with Gasteiger partial charge in [-0.25, -0.2) is 4.79 Å². The number of thioether (sulfide) groups is 1. The fourth-order valence-electron chi connectivity index (χ4n) is 4.13. The lowest BCUT2D eigenvalue weighted by Crippen LogP contribution is -2.38.